The fourth-order valence-electron chi connectivity index (χ4n) is 2.11. The highest BCUT2D eigenvalue weighted by atomic mass is 79.9. The van der Waals surface area contributed by atoms with Crippen LogP contribution < -0.4 is 5.32 Å². The van der Waals surface area contributed by atoms with Gasteiger partial charge in [-0.2, -0.15) is 11.8 Å². The van der Waals surface area contributed by atoms with E-state index in [1.807, 2.05) is 11.8 Å². The van der Waals surface area contributed by atoms with Crippen LogP contribution >= 0.6 is 43.6 Å². The molecule has 1 fully saturated rings. The maximum Gasteiger partial charge on any atom is 0.0320 e. The number of nitrogens with one attached hydrogen (secondary N) is 1. The summed E-state index contributed by atoms with van der Waals surface area (Å²) >= 11 is 9.05. The van der Waals surface area contributed by atoms with Crippen molar-refractivity contribution in [2.75, 3.05) is 12.8 Å². The first-order chi connectivity index (χ1) is 8.15. The molecular weight excluding hydrogens is 362 g/mol. The molecule has 1 nitrogen and oxygen atoms in total. The van der Waals surface area contributed by atoms with Crippen molar-refractivity contribution in [1.82, 2.24) is 5.32 Å². The highest BCUT2D eigenvalue weighted by molar-refractivity contribution is 9.13. The average Bonchev–Trinajstić information content (AvgIpc) is 2.27. The minimum absolute atomic E-state index is 0.520. The van der Waals surface area contributed by atoms with Gasteiger partial charge in [-0.3, -0.25) is 0 Å². The summed E-state index contributed by atoms with van der Waals surface area (Å²) in [7, 11) is 0. The summed E-state index contributed by atoms with van der Waals surface area (Å²) < 4.78 is 2.76. The predicted octanol–water partition coefficient (Wildman–Crippen LogP) is 4.59. The molecule has 0 bridgehead atoms. The van der Waals surface area contributed by atoms with Gasteiger partial charge in [-0.1, -0.05) is 12.5 Å². The number of hydrogen-bond acceptors (Lipinski definition) is 2. The van der Waals surface area contributed by atoms with Crippen LogP contribution in [-0.2, 0) is 6.54 Å². The van der Waals surface area contributed by atoms with E-state index in [2.05, 4.69) is 61.6 Å². The fourth-order valence-corrected chi connectivity index (χ4v) is 3.72. The molecule has 0 spiro atoms. The van der Waals surface area contributed by atoms with Crippen LogP contribution in [0.1, 0.15) is 24.8 Å². The monoisotopic (exact) mass is 377 g/mol. The van der Waals surface area contributed by atoms with Crippen LogP contribution in [0, 0.1) is 0 Å². The zero-order chi connectivity index (χ0) is 12.3. The molecule has 1 aromatic carbocycles. The number of rotatable bonds is 5. The van der Waals surface area contributed by atoms with Gasteiger partial charge in [0.25, 0.3) is 0 Å². The van der Waals surface area contributed by atoms with Gasteiger partial charge in [0.1, 0.15) is 0 Å². The van der Waals surface area contributed by atoms with E-state index >= 15 is 0 Å². The summed E-state index contributed by atoms with van der Waals surface area (Å²) in [6, 6.07) is 6.42. The van der Waals surface area contributed by atoms with Crippen molar-refractivity contribution in [1.29, 1.82) is 0 Å². The van der Waals surface area contributed by atoms with Gasteiger partial charge in [-0.05, 0) is 68.7 Å². The second-order valence-corrected chi connectivity index (χ2v) is 7.58. The summed E-state index contributed by atoms with van der Waals surface area (Å²) in [4.78, 5) is 0. The van der Waals surface area contributed by atoms with Crippen LogP contribution in [0.4, 0.5) is 0 Å². The van der Waals surface area contributed by atoms with E-state index in [0.717, 1.165) is 22.0 Å². The molecule has 1 N–H and O–H groups in total. The van der Waals surface area contributed by atoms with Gasteiger partial charge in [0, 0.05) is 26.8 Å². The van der Waals surface area contributed by atoms with Crippen LogP contribution in [-0.4, -0.2) is 17.5 Å². The Balaban J connectivity index is 1.83. The molecule has 1 aliphatic carbocycles. The van der Waals surface area contributed by atoms with Crippen LogP contribution in [0.2, 0.25) is 0 Å². The number of thioether (sulfide) groups is 1. The Morgan fingerprint density at radius 3 is 2.59 bits per heavy atom. The van der Waals surface area contributed by atoms with E-state index in [0.29, 0.717) is 4.75 Å². The Bertz CT molecular complexity index is 385. The van der Waals surface area contributed by atoms with Gasteiger partial charge < -0.3 is 5.32 Å². The summed E-state index contributed by atoms with van der Waals surface area (Å²) in [5.74, 6) is 0. The Morgan fingerprint density at radius 1 is 1.29 bits per heavy atom. The summed E-state index contributed by atoms with van der Waals surface area (Å²) in [6.45, 7) is 2.08. The first kappa shape index (κ1) is 13.9. The summed E-state index contributed by atoms with van der Waals surface area (Å²) in [5.41, 5.74) is 1.33. The highest BCUT2D eigenvalue weighted by Gasteiger charge is 2.35. The van der Waals surface area contributed by atoms with E-state index in [4.69, 9.17) is 0 Å². The number of halogens is 2. The Hall–Kier alpha value is 0.490. The topological polar surface area (TPSA) is 12.0 Å². The Kier molecular flexibility index (Phi) is 4.98. The largest absolute Gasteiger partial charge is 0.311 e. The molecular formula is C13H17Br2NS. The standard InChI is InChI=1S/C13H17Br2NS/c1-17-13(5-2-6-13)9-16-8-10-3-4-11(14)12(15)7-10/h3-4,7,16H,2,5-6,8-9H2,1H3. The molecule has 0 unspecified atom stereocenters. The quantitative estimate of drug-likeness (QED) is 0.804. The van der Waals surface area contributed by atoms with Gasteiger partial charge >= 0.3 is 0 Å². The van der Waals surface area contributed by atoms with E-state index in [1.54, 1.807) is 0 Å². The second-order valence-electron chi connectivity index (χ2n) is 4.59. The zero-order valence-corrected chi connectivity index (χ0v) is 13.9. The van der Waals surface area contributed by atoms with Crippen molar-refractivity contribution in [2.45, 2.75) is 30.6 Å². The lowest BCUT2D eigenvalue weighted by Crippen LogP contribution is -2.43. The number of benzene rings is 1. The van der Waals surface area contributed by atoms with Crippen molar-refractivity contribution in [2.24, 2.45) is 0 Å². The Labute approximate surface area is 124 Å². The van der Waals surface area contributed by atoms with Crippen LogP contribution in [0.15, 0.2) is 27.1 Å². The molecule has 1 aliphatic rings. The lowest BCUT2D eigenvalue weighted by molar-refractivity contribution is 0.345. The van der Waals surface area contributed by atoms with Gasteiger partial charge in [0.05, 0.1) is 0 Å². The zero-order valence-electron chi connectivity index (χ0n) is 9.93. The van der Waals surface area contributed by atoms with Crippen molar-refractivity contribution in [3.05, 3.63) is 32.7 Å². The highest BCUT2D eigenvalue weighted by Crippen LogP contribution is 2.42. The lowest BCUT2D eigenvalue weighted by Gasteiger charge is -2.40. The first-order valence-corrected chi connectivity index (χ1v) is 8.66. The molecule has 0 radical (unpaired) electrons. The Morgan fingerprint density at radius 2 is 2.06 bits per heavy atom. The predicted molar refractivity (Wildman–Crippen MR) is 83.6 cm³/mol. The molecule has 0 atom stereocenters. The molecule has 1 aromatic rings. The molecule has 2 rings (SSSR count). The van der Waals surface area contributed by atoms with Gasteiger partial charge in [-0.15, -0.1) is 0 Å². The molecule has 1 saturated carbocycles. The summed E-state index contributed by atoms with van der Waals surface area (Å²) in [5, 5.41) is 3.59. The number of hydrogen-bond donors (Lipinski definition) is 1. The summed E-state index contributed by atoms with van der Waals surface area (Å²) in [6.07, 6.45) is 6.36. The van der Waals surface area contributed by atoms with Gasteiger partial charge in [0.15, 0.2) is 0 Å². The maximum absolute atomic E-state index is 3.59. The molecule has 0 heterocycles. The van der Waals surface area contributed by atoms with Crippen molar-refractivity contribution < 1.29 is 0 Å². The lowest BCUT2D eigenvalue weighted by atomic mass is 9.84. The second kappa shape index (κ2) is 6.09. The van der Waals surface area contributed by atoms with E-state index in [9.17, 15) is 0 Å². The fraction of sp³-hybridized carbons (Fsp3) is 0.538. The first-order valence-electron chi connectivity index (χ1n) is 5.85. The van der Waals surface area contributed by atoms with Crippen LogP contribution in [0.3, 0.4) is 0 Å². The molecule has 4 heteroatoms. The van der Waals surface area contributed by atoms with E-state index in [1.165, 1.54) is 24.8 Å². The third-order valence-electron chi connectivity index (χ3n) is 3.46. The smallest absolute Gasteiger partial charge is 0.0320 e. The third-order valence-corrected chi connectivity index (χ3v) is 6.76. The van der Waals surface area contributed by atoms with E-state index < -0.39 is 0 Å². The van der Waals surface area contributed by atoms with Crippen molar-refractivity contribution >= 4 is 43.6 Å². The average molecular weight is 379 g/mol. The molecule has 0 amide bonds. The van der Waals surface area contributed by atoms with Crippen LogP contribution in [0.25, 0.3) is 0 Å². The van der Waals surface area contributed by atoms with Crippen LogP contribution in [0.5, 0.6) is 0 Å². The van der Waals surface area contributed by atoms with Gasteiger partial charge in [-0.25, -0.2) is 0 Å². The molecule has 0 aromatic heterocycles. The molecule has 0 saturated heterocycles. The van der Waals surface area contributed by atoms with Crippen molar-refractivity contribution in [3.63, 3.8) is 0 Å². The van der Waals surface area contributed by atoms with Crippen molar-refractivity contribution in [3.8, 4) is 0 Å². The SMILES string of the molecule is CSC1(CNCc2ccc(Br)c(Br)c2)CCC1. The minimum atomic E-state index is 0.520. The normalized spacial score (nSPS) is 17.8. The van der Waals surface area contributed by atoms with E-state index in [-0.39, 0.29) is 0 Å². The third kappa shape index (κ3) is 3.49. The molecule has 0 aliphatic heterocycles. The van der Waals surface area contributed by atoms with Gasteiger partial charge in [0.2, 0.25) is 0 Å². The maximum atomic E-state index is 3.59. The molecule has 94 valence electrons. The molecule has 17 heavy (non-hydrogen) atoms. The minimum Gasteiger partial charge on any atom is -0.311 e.